The second-order valence-electron chi connectivity index (χ2n) is 3.48. The molecule has 2 rings (SSSR count). The number of hydrogen-bond donors (Lipinski definition) is 0. The van der Waals surface area contributed by atoms with Gasteiger partial charge in [-0.3, -0.25) is 4.79 Å². The van der Waals surface area contributed by atoms with Crippen molar-refractivity contribution in [3.63, 3.8) is 0 Å². The molecule has 0 bridgehead atoms. The normalized spacial score (nSPS) is 10.6. The van der Waals surface area contributed by atoms with E-state index in [1.165, 1.54) is 10.3 Å². The average Bonchev–Trinajstić information content (AvgIpc) is 2.71. The molecule has 3 heteroatoms. The third kappa shape index (κ3) is 1.35. The summed E-state index contributed by atoms with van der Waals surface area (Å²) in [6.45, 7) is 4.00. The summed E-state index contributed by atoms with van der Waals surface area (Å²) in [5.41, 5.74) is 2.85. The first-order valence-corrected chi connectivity index (χ1v) is 5.58. The van der Waals surface area contributed by atoms with Crippen molar-refractivity contribution >= 4 is 27.7 Å². The highest BCUT2D eigenvalue weighted by Gasteiger charge is 2.15. The van der Waals surface area contributed by atoms with Crippen molar-refractivity contribution in [2.45, 2.75) is 13.8 Å². The summed E-state index contributed by atoms with van der Waals surface area (Å²) in [7, 11) is 1.61. The van der Waals surface area contributed by atoms with E-state index in [4.69, 9.17) is 4.74 Å². The number of methoxy groups -OCH3 is 1. The van der Waals surface area contributed by atoms with Crippen LogP contribution in [0.15, 0.2) is 11.4 Å². The zero-order valence-electron chi connectivity index (χ0n) is 8.96. The predicted molar refractivity (Wildman–Crippen MR) is 63.2 cm³/mol. The molecule has 0 saturated carbocycles. The monoisotopic (exact) mass is 220 g/mol. The molecular formula is C12H12O2S. The van der Waals surface area contributed by atoms with Crippen LogP contribution in [0.1, 0.15) is 21.5 Å². The van der Waals surface area contributed by atoms with E-state index in [1.54, 1.807) is 18.4 Å². The van der Waals surface area contributed by atoms with Gasteiger partial charge in [-0.2, -0.15) is 0 Å². The molecule has 0 aliphatic heterocycles. The Morgan fingerprint density at radius 3 is 2.67 bits per heavy atom. The Kier molecular flexibility index (Phi) is 2.49. The maximum Gasteiger partial charge on any atom is 0.154 e. The highest BCUT2D eigenvalue weighted by molar-refractivity contribution is 7.17. The molecular weight excluding hydrogens is 208 g/mol. The summed E-state index contributed by atoms with van der Waals surface area (Å²) in [6, 6.07) is 2.00. The number of hydrogen-bond acceptors (Lipinski definition) is 3. The highest BCUT2D eigenvalue weighted by Crippen LogP contribution is 2.37. The van der Waals surface area contributed by atoms with Gasteiger partial charge in [-0.1, -0.05) is 0 Å². The van der Waals surface area contributed by atoms with E-state index in [1.807, 2.05) is 25.3 Å². The second kappa shape index (κ2) is 3.66. The Balaban J connectivity index is 2.97. The van der Waals surface area contributed by atoms with Crippen LogP contribution in [0.25, 0.3) is 10.1 Å². The molecule has 1 aromatic heterocycles. The number of rotatable bonds is 2. The molecule has 0 fully saturated rings. The van der Waals surface area contributed by atoms with E-state index in [0.29, 0.717) is 11.3 Å². The van der Waals surface area contributed by atoms with Gasteiger partial charge in [-0.05, 0) is 36.4 Å². The smallest absolute Gasteiger partial charge is 0.154 e. The number of carbonyl (C=O) groups excluding carboxylic acids is 1. The molecule has 0 radical (unpaired) electrons. The fraction of sp³-hybridized carbons (Fsp3) is 0.250. The van der Waals surface area contributed by atoms with Crippen LogP contribution >= 0.6 is 11.3 Å². The Morgan fingerprint density at radius 1 is 1.33 bits per heavy atom. The Morgan fingerprint density at radius 2 is 2.07 bits per heavy atom. The summed E-state index contributed by atoms with van der Waals surface area (Å²) in [5, 5.41) is 3.06. The molecule has 2 aromatic rings. The molecule has 78 valence electrons. The fourth-order valence-electron chi connectivity index (χ4n) is 1.83. The van der Waals surface area contributed by atoms with Gasteiger partial charge in [-0.25, -0.2) is 0 Å². The number of carbonyl (C=O) groups is 1. The summed E-state index contributed by atoms with van der Waals surface area (Å²) in [6.07, 6.45) is 0.873. The minimum absolute atomic E-state index is 0.668. The third-order valence-corrected chi connectivity index (χ3v) is 3.82. The molecule has 0 saturated heterocycles. The van der Waals surface area contributed by atoms with E-state index < -0.39 is 0 Å². The van der Waals surface area contributed by atoms with E-state index in [-0.39, 0.29) is 0 Å². The lowest BCUT2D eigenvalue weighted by atomic mass is 10.0. The van der Waals surface area contributed by atoms with Crippen LogP contribution in [0.3, 0.4) is 0 Å². The largest absolute Gasteiger partial charge is 0.495 e. The van der Waals surface area contributed by atoms with Gasteiger partial charge in [0, 0.05) is 10.1 Å². The van der Waals surface area contributed by atoms with E-state index in [0.717, 1.165) is 17.2 Å². The summed E-state index contributed by atoms with van der Waals surface area (Å²) in [4.78, 5) is 11.0. The summed E-state index contributed by atoms with van der Waals surface area (Å²) in [5.74, 6) is 0.698. The number of aldehydes is 1. The van der Waals surface area contributed by atoms with Crippen LogP contribution < -0.4 is 4.74 Å². The predicted octanol–water partition coefficient (Wildman–Crippen LogP) is 3.34. The van der Waals surface area contributed by atoms with Gasteiger partial charge >= 0.3 is 0 Å². The minimum Gasteiger partial charge on any atom is -0.495 e. The number of ether oxygens (including phenoxy) is 1. The van der Waals surface area contributed by atoms with Gasteiger partial charge in [0.15, 0.2) is 6.29 Å². The molecule has 1 aromatic carbocycles. The zero-order chi connectivity index (χ0) is 11.0. The maximum absolute atomic E-state index is 11.0. The van der Waals surface area contributed by atoms with Gasteiger partial charge in [-0.15, -0.1) is 11.3 Å². The maximum atomic E-state index is 11.0. The van der Waals surface area contributed by atoms with Crippen LogP contribution in [-0.4, -0.2) is 13.4 Å². The van der Waals surface area contributed by atoms with Gasteiger partial charge in [0.05, 0.1) is 12.7 Å². The lowest BCUT2D eigenvalue weighted by Crippen LogP contribution is -1.96. The van der Waals surface area contributed by atoms with E-state index in [9.17, 15) is 4.79 Å². The van der Waals surface area contributed by atoms with Crippen LogP contribution in [0.2, 0.25) is 0 Å². The average molecular weight is 220 g/mol. The first-order chi connectivity index (χ1) is 7.20. The van der Waals surface area contributed by atoms with Crippen molar-refractivity contribution in [2.75, 3.05) is 7.11 Å². The molecule has 0 aliphatic carbocycles. The van der Waals surface area contributed by atoms with Crippen molar-refractivity contribution in [1.82, 2.24) is 0 Å². The number of aryl methyl sites for hydroxylation is 1. The Hall–Kier alpha value is -1.35. The lowest BCUT2D eigenvalue weighted by Gasteiger charge is -2.11. The third-order valence-electron chi connectivity index (χ3n) is 2.78. The van der Waals surface area contributed by atoms with Gasteiger partial charge in [0.2, 0.25) is 0 Å². The van der Waals surface area contributed by atoms with Crippen LogP contribution in [0, 0.1) is 13.8 Å². The Bertz CT molecular complexity index is 526. The highest BCUT2D eigenvalue weighted by atomic mass is 32.1. The molecule has 0 aliphatic rings. The molecule has 15 heavy (non-hydrogen) atoms. The molecule has 1 heterocycles. The first-order valence-electron chi connectivity index (χ1n) is 4.70. The first kappa shape index (κ1) is 10.2. The SMILES string of the molecule is COc1c(C=O)c(C)c(C)c2sccc12. The molecule has 0 N–H and O–H groups in total. The van der Waals surface area contributed by atoms with Crippen LogP contribution in [0.5, 0.6) is 5.75 Å². The summed E-state index contributed by atoms with van der Waals surface area (Å²) < 4.78 is 6.52. The van der Waals surface area contributed by atoms with E-state index in [2.05, 4.69) is 0 Å². The quantitative estimate of drug-likeness (QED) is 0.725. The van der Waals surface area contributed by atoms with Crippen LogP contribution in [-0.2, 0) is 0 Å². The van der Waals surface area contributed by atoms with Gasteiger partial charge in [0.25, 0.3) is 0 Å². The Labute approximate surface area is 92.5 Å². The van der Waals surface area contributed by atoms with Gasteiger partial charge in [0.1, 0.15) is 5.75 Å². The molecule has 0 amide bonds. The number of thiophene rings is 1. The van der Waals surface area contributed by atoms with Crippen molar-refractivity contribution in [3.8, 4) is 5.75 Å². The topological polar surface area (TPSA) is 26.3 Å². The number of fused-ring (bicyclic) bond motifs is 1. The van der Waals surface area contributed by atoms with Crippen molar-refractivity contribution in [3.05, 3.63) is 28.1 Å². The zero-order valence-corrected chi connectivity index (χ0v) is 9.77. The lowest BCUT2D eigenvalue weighted by molar-refractivity contribution is 0.112. The second-order valence-corrected chi connectivity index (χ2v) is 4.39. The standard InChI is InChI=1S/C12H12O2S/c1-7-8(2)12-9(4-5-15-12)11(14-3)10(7)6-13/h4-6H,1-3H3. The molecule has 0 atom stereocenters. The fourth-order valence-corrected chi connectivity index (χ4v) is 2.79. The minimum atomic E-state index is 0.668. The van der Waals surface area contributed by atoms with Crippen molar-refractivity contribution in [2.24, 2.45) is 0 Å². The van der Waals surface area contributed by atoms with Crippen molar-refractivity contribution < 1.29 is 9.53 Å². The van der Waals surface area contributed by atoms with Crippen LogP contribution in [0.4, 0.5) is 0 Å². The van der Waals surface area contributed by atoms with E-state index >= 15 is 0 Å². The molecule has 0 unspecified atom stereocenters. The molecule has 0 spiro atoms. The van der Waals surface area contributed by atoms with Gasteiger partial charge < -0.3 is 4.74 Å². The van der Waals surface area contributed by atoms with Crippen molar-refractivity contribution in [1.29, 1.82) is 0 Å². The molecule has 2 nitrogen and oxygen atoms in total. The number of benzene rings is 1. The summed E-state index contributed by atoms with van der Waals surface area (Å²) >= 11 is 1.68.